The van der Waals surface area contributed by atoms with Gasteiger partial charge in [-0.1, -0.05) is 17.4 Å². The molecule has 2 atom stereocenters. The number of carbonyl (C=O) groups is 2. The van der Waals surface area contributed by atoms with E-state index in [0.29, 0.717) is 17.1 Å². The van der Waals surface area contributed by atoms with Crippen molar-refractivity contribution in [1.82, 2.24) is 5.01 Å². The predicted molar refractivity (Wildman–Crippen MR) is 101 cm³/mol. The Labute approximate surface area is 174 Å². The molecule has 2 aliphatic rings. The number of hydrogen-bond donors (Lipinski definition) is 0. The molecule has 2 aromatic carbocycles. The average Bonchev–Trinajstić information content (AvgIpc) is 3.26. The molecule has 0 saturated carbocycles. The summed E-state index contributed by atoms with van der Waals surface area (Å²) in [5.74, 6) is -0.381. The molecule has 0 aromatic heterocycles. The van der Waals surface area contributed by atoms with E-state index in [2.05, 4.69) is 10.3 Å². The zero-order chi connectivity index (χ0) is 22.3. The smallest absolute Gasteiger partial charge is 0.416 e. The van der Waals surface area contributed by atoms with E-state index in [1.807, 2.05) is 0 Å². The van der Waals surface area contributed by atoms with Gasteiger partial charge in [0.2, 0.25) is 0 Å². The number of fused-ring (bicyclic) bond motifs is 1. The lowest BCUT2D eigenvalue weighted by atomic mass is 10.1. The second-order valence-corrected chi connectivity index (χ2v) is 6.94. The van der Waals surface area contributed by atoms with Gasteiger partial charge in [-0.15, -0.1) is 0 Å². The van der Waals surface area contributed by atoms with Crippen LogP contribution >= 0.6 is 0 Å². The highest BCUT2D eigenvalue weighted by molar-refractivity contribution is 6.25. The highest BCUT2D eigenvalue weighted by Gasteiger charge is 2.54. The summed E-state index contributed by atoms with van der Waals surface area (Å²) in [6.07, 6.45) is -4.49. The molecule has 162 valence electrons. The fraction of sp³-hybridized carbons (Fsp3) is 0.300. The third-order valence-corrected chi connectivity index (χ3v) is 5.08. The van der Waals surface area contributed by atoms with Crippen molar-refractivity contribution >= 4 is 17.5 Å². The lowest BCUT2D eigenvalue weighted by Crippen LogP contribution is -2.39. The standard InChI is InChI=1S/C20H17F3N4O4/c1-30-14-7-6-13(9-15(14)31-2)27-18(28)16-17(19(27)29)26(25-24-16)10-11-4-3-5-12(8-11)20(21,22)23/h3-9,16-17H,10H2,1-2H3/t16-,17-/m1/s1. The van der Waals surface area contributed by atoms with E-state index in [9.17, 15) is 22.8 Å². The van der Waals surface area contributed by atoms with Crippen LogP contribution < -0.4 is 14.4 Å². The van der Waals surface area contributed by atoms with E-state index in [-0.39, 0.29) is 12.2 Å². The van der Waals surface area contributed by atoms with E-state index in [1.54, 1.807) is 6.07 Å². The molecule has 0 radical (unpaired) electrons. The van der Waals surface area contributed by atoms with Crippen LogP contribution in [0, 0.1) is 0 Å². The summed E-state index contributed by atoms with van der Waals surface area (Å²) in [5.41, 5.74) is -0.242. The van der Waals surface area contributed by atoms with Crippen molar-refractivity contribution in [3.63, 3.8) is 0 Å². The number of rotatable bonds is 5. The summed E-state index contributed by atoms with van der Waals surface area (Å²) in [6, 6.07) is 7.20. The van der Waals surface area contributed by atoms with Crippen molar-refractivity contribution in [2.24, 2.45) is 10.3 Å². The van der Waals surface area contributed by atoms with Gasteiger partial charge in [0.1, 0.15) is 0 Å². The predicted octanol–water partition coefficient (Wildman–Crippen LogP) is 3.22. The number of nitrogens with zero attached hydrogens (tertiary/aromatic N) is 4. The van der Waals surface area contributed by atoms with Gasteiger partial charge in [-0.3, -0.25) is 14.6 Å². The first-order valence-electron chi connectivity index (χ1n) is 9.18. The molecule has 11 heteroatoms. The van der Waals surface area contributed by atoms with E-state index in [4.69, 9.17) is 9.47 Å². The van der Waals surface area contributed by atoms with Crippen LogP contribution in [0.3, 0.4) is 0 Å². The van der Waals surface area contributed by atoms with Gasteiger partial charge in [-0.25, -0.2) is 4.90 Å². The maximum atomic E-state index is 13.1. The minimum absolute atomic E-state index is 0.104. The van der Waals surface area contributed by atoms with E-state index < -0.39 is 35.6 Å². The van der Waals surface area contributed by atoms with Crippen molar-refractivity contribution in [3.05, 3.63) is 53.6 Å². The first-order valence-corrected chi connectivity index (χ1v) is 9.18. The molecule has 0 aliphatic carbocycles. The number of amides is 2. The lowest BCUT2D eigenvalue weighted by Gasteiger charge is -2.21. The van der Waals surface area contributed by atoms with Crippen LogP contribution in [0.4, 0.5) is 18.9 Å². The van der Waals surface area contributed by atoms with Crippen LogP contribution in [0.2, 0.25) is 0 Å². The molecule has 0 N–H and O–H groups in total. The average molecular weight is 434 g/mol. The van der Waals surface area contributed by atoms with Crippen LogP contribution in [-0.4, -0.2) is 43.1 Å². The van der Waals surface area contributed by atoms with Gasteiger partial charge in [0.15, 0.2) is 23.6 Å². The van der Waals surface area contributed by atoms with Crippen LogP contribution in [0.15, 0.2) is 52.8 Å². The number of alkyl halides is 3. The highest BCUT2D eigenvalue weighted by atomic mass is 19.4. The highest BCUT2D eigenvalue weighted by Crippen LogP contribution is 2.37. The Morgan fingerprint density at radius 2 is 1.74 bits per heavy atom. The Hall–Kier alpha value is -3.63. The summed E-state index contributed by atoms with van der Waals surface area (Å²) < 4.78 is 49.3. The monoisotopic (exact) mass is 434 g/mol. The van der Waals surface area contributed by atoms with Gasteiger partial charge in [0.25, 0.3) is 11.8 Å². The van der Waals surface area contributed by atoms with Crippen molar-refractivity contribution in [3.8, 4) is 11.5 Å². The molecule has 0 unspecified atom stereocenters. The Morgan fingerprint density at radius 3 is 2.42 bits per heavy atom. The summed E-state index contributed by atoms with van der Waals surface area (Å²) in [4.78, 5) is 26.9. The molecule has 31 heavy (non-hydrogen) atoms. The third-order valence-electron chi connectivity index (χ3n) is 5.08. The van der Waals surface area contributed by atoms with E-state index in [0.717, 1.165) is 17.0 Å². The number of benzene rings is 2. The Balaban J connectivity index is 1.59. The lowest BCUT2D eigenvalue weighted by molar-refractivity contribution is -0.137. The SMILES string of the molecule is COc1ccc(N2C(=O)[C@@H]3N=NN(Cc4cccc(C(F)(F)F)c4)[C@H]3C2=O)cc1OC. The molecule has 2 heterocycles. The number of hydrogen-bond acceptors (Lipinski definition) is 7. The minimum atomic E-state index is -4.49. The van der Waals surface area contributed by atoms with Gasteiger partial charge in [0.05, 0.1) is 32.0 Å². The molecule has 2 amide bonds. The molecular formula is C20H17F3N4O4. The fourth-order valence-corrected chi connectivity index (χ4v) is 3.61. The number of imide groups is 1. The molecule has 0 bridgehead atoms. The van der Waals surface area contributed by atoms with Gasteiger partial charge in [0, 0.05) is 6.07 Å². The Bertz CT molecular complexity index is 1070. The molecule has 0 spiro atoms. The van der Waals surface area contributed by atoms with Crippen LogP contribution in [0.25, 0.3) is 0 Å². The van der Waals surface area contributed by atoms with Gasteiger partial charge >= 0.3 is 6.18 Å². The zero-order valence-corrected chi connectivity index (χ0v) is 16.5. The van der Waals surface area contributed by atoms with Gasteiger partial charge in [-0.05, 0) is 29.8 Å². The van der Waals surface area contributed by atoms with Crippen molar-refractivity contribution in [2.75, 3.05) is 19.1 Å². The van der Waals surface area contributed by atoms with Gasteiger partial charge < -0.3 is 9.47 Å². The number of ether oxygens (including phenoxy) is 2. The Kier molecular flexibility index (Phi) is 5.03. The number of methoxy groups -OCH3 is 2. The molecule has 8 nitrogen and oxygen atoms in total. The molecule has 1 saturated heterocycles. The third kappa shape index (κ3) is 3.56. The molecule has 1 fully saturated rings. The minimum Gasteiger partial charge on any atom is -0.493 e. The largest absolute Gasteiger partial charge is 0.493 e. The molecular weight excluding hydrogens is 417 g/mol. The maximum Gasteiger partial charge on any atom is 0.416 e. The quantitative estimate of drug-likeness (QED) is 0.675. The number of anilines is 1. The second kappa shape index (κ2) is 7.56. The Morgan fingerprint density at radius 1 is 1.00 bits per heavy atom. The molecule has 2 aromatic rings. The van der Waals surface area contributed by atoms with Crippen molar-refractivity contribution in [2.45, 2.75) is 24.8 Å². The van der Waals surface area contributed by atoms with Gasteiger partial charge in [-0.2, -0.15) is 18.3 Å². The summed E-state index contributed by atoms with van der Waals surface area (Å²) >= 11 is 0. The fourth-order valence-electron chi connectivity index (χ4n) is 3.61. The van der Waals surface area contributed by atoms with E-state index in [1.165, 1.54) is 43.5 Å². The van der Waals surface area contributed by atoms with Crippen molar-refractivity contribution in [1.29, 1.82) is 0 Å². The summed E-state index contributed by atoms with van der Waals surface area (Å²) in [6.45, 7) is -0.104. The maximum absolute atomic E-state index is 13.1. The summed E-state index contributed by atoms with van der Waals surface area (Å²) in [5, 5.41) is 8.99. The zero-order valence-electron chi connectivity index (χ0n) is 16.5. The van der Waals surface area contributed by atoms with Crippen LogP contribution in [0.5, 0.6) is 11.5 Å². The second-order valence-electron chi connectivity index (χ2n) is 6.94. The molecule has 4 rings (SSSR count). The van der Waals surface area contributed by atoms with Crippen LogP contribution in [-0.2, 0) is 22.3 Å². The topological polar surface area (TPSA) is 83.8 Å². The van der Waals surface area contributed by atoms with E-state index >= 15 is 0 Å². The number of halogens is 3. The number of carbonyl (C=O) groups excluding carboxylic acids is 2. The molecule has 2 aliphatic heterocycles. The first kappa shape index (κ1) is 20.6. The normalized spacial score (nSPS) is 20.4. The van der Waals surface area contributed by atoms with Crippen LogP contribution in [0.1, 0.15) is 11.1 Å². The summed E-state index contributed by atoms with van der Waals surface area (Å²) in [7, 11) is 2.88. The van der Waals surface area contributed by atoms with Crippen molar-refractivity contribution < 1.29 is 32.2 Å². The first-order chi connectivity index (χ1) is 14.7.